The molecule has 0 aliphatic carbocycles. The van der Waals surface area contributed by atoms with Gasteiger partial charge < -0.3 is 5.11 Å². The van der Waals surface area contributed by atoms with Gasteiger partial charge in [0.15, 0.2) is 0 Å². The fourth-order valence-corrected chi connectivity index (χ4v) is 2.73. The molecule has 1 saturated heterocycles. The number of hydrogen-bond donors (Lipinski definition) is 1. The molecule has 4 nitrogen and oxygen atoms in total. The first-order valence-corrected chi connectivity index (χ1v) is 6.84. The summed E-state index contributed by atoms with van der Waals surface area (Å²) in [5, 5.41) is 8.82. The molecule has 2 rings (SSSR count). The summed E-state index contributed by atoms with van der Waals surface area (Å²) in [6.07, 6.45) is 0. The molecule has 1 heterocycles. The molecule has 1 N–H and O–H groups in total. The highest BCUT2D eigenvalue weighted by Crippen LogP contribution is 2.17. The molecule has 1 aliphatic heterocycles. The molecular weight excluding hydrogens is 259 g/mol. The zero-order chi connectivity index (χ0) is 14.9. The number of carbonyl (C=O) groups is 1. The van der Waals surface area contributed by atoms with Crippen LogP contribution in [0.1, 0.15) is 29.8 Å². The van der Waals surface area contributed by atoms with Crippen LogP contribution in [0.15, 0.2) is 18.2 Å². The quantitative estimate of drug-likeness (QED) is 0.920. The first-order valence-electron chi connectivity index (χ1n) is 6.84. The van der Waals surface area contributed by atoms with Crippen molar-refractivity contribution in [1.29, 1.82) is 0 Å². The lowest BCUT2D eigenvalue weighted by Crippen LogP contribution is -2.54. The summed E-state index contributed by atoms with van der Waals surface area (Å²) in [6, 6.07) is 5.29. The third kappa shape index (κ3) is 3.16. The highest BCUT2D eigenvalue weighted by Gasteiger charge is 2.26. The van der Waals surface area contributed by atoms with Crippen LogP contribution in [0.2, 0.25) is 0 Å². The molecule has 2 unspecified atom stereocenters. The van der Waals surface area contributed by atoms with E-state index in [0.29, 0.717) is 18.6 Å². The number of hydrogen-bond acceptors (Lipinski definition) is 3. The lowest BCUT2D eigenvalue weighted by molar-refractivity contribution is 0.0556. The van der Waals surface area contributed by atoms with Gasteiger partial charge in [0.2, 0.25) is 0 Å². The second-order valence-electron chi connectivity index (χ2n) is 5.68. The zero-order valence-corrected chi connectivity index (χ0v) is 12.1. The summed E-state index contributed by atoms with van der Waals surface area (Å²) in [4.78, 5) is 15.4. The van der Waals surface area contributed by atoms with Crippen LogP contribution in [-0.2, 0) is 6.54 Å². The van der Waals surface area contributed by atoms with E-state index in [2.05, 4.69) is 30.7 Å². The van der Waals surface area contributed by atoms with Crippen LogP contribution in [0.4, 0.5) is 4.39 Å². The molecule has 0 bridgehead atoms. The minimum Gasteiger partial charge on any atom is -0.478 e. The SMILES string of the molecule is CC1CN(Cc2ccc(C(=O)O)c(F)c2)CC(C)N1C. The Bertz CT molecular complexity index is 495. The van der Waals surface area contributed by atoms with Crippen molar-refractivity contribution < 1.29 is 14.3 Å². The Kier molecular flexibility index (Phi) is 4.40. The van der Waals surface area contributed by atoms with Crippen LogP contribution >= 0.6 is 0 Å². The number of piperazine rings is 1. The van der Waals surface area contributed by atoms with Crippen LogP contribution in [0.3, 0.4) is 0 Å². The normalized spacial score (nSPS) is 24.8. The van der Waals surface area contributed by atoms with Gasteiger partial charge in [-0.1, -0.05) is 6.07 Å². The molecule has 1 aromatic carbocycles. The van der Waals surface area contributed by atoms with E-state index in [1.165, 1.54) is 12.1 Å². The molecule has 110 valence electrons. The fraction of sp³-hybridized carbons (Fsp3) is 0.533. The van der Waals surface area contributed by atoms with Gasteiger partial charge in [0.1, 0.15) is 5.82 Å². The van der Waals surface area contributed by atoms with Crippen molar-refractivity contribution in [3.8, 4) is 0 Å². The Hall–Kier alpha value is -1.46. The first kappa shape index (κ1) is 14.9. The lowest BCUT2D eigenvalue weighted by Gasteiger charge is -2.42. The van der Waals surface area contributed by atoms with Crippen molar-refractivity contribution in [1.82, 2.24) is 9.80 Å². The molecular formula is C15H21FN2O2. The van der Waals surface area contributed by atoms with E-state index in [4.69, 9.17) is 5.11 Å². The predicted octanol–water partition coefficient (Wildman–Crippen LogP) is 2.05. The maximum Gasteiger partial charge on any atom is 0.338 e. The average Bonchev–Trinajstić information content (AvgIpc) is 2.35. The summed E-state index contributed by atoms with van der Waals surface area (Å²) in [5.41, 5.74) is 0.547. The summed E-state index contributed by atoms with van der Waals surface area (Å²) >= 11 is 0. The van der Waals surface area contributed by atoms with Crippen molar-refractivity contribution in [3.05, 3.63) is 35.1 Å². The summed E-state index contributed by atoms with van der Waals surface area (Å²) in [5.74, 6) is -1.89. The Labute approximate surface area is 118 Å². The molecule has 20 heavy (non-hydrogen) atoms. The molecule has 5 heteroatoms. The van der Waals surface area contributed by atoms with Gasteiger partial charge in [-0.05, 0) is 38.6 Å². The third-order valence-electron chi connectivity index (χ3n) is 4.11. The second kappa shape index (κ2) is 5.89. The van der Waals surface area contributed by atoms with E-state index < -0.39 is 11.8 Å². The number of rotatable bonds is 3. The molecule has 2 atom stereocenters. The van der Waals surface area contributed by atoms with Gasteiger partial charge >= 0.3 is 5.97 Å². The number of carboxylic acids is 1. The van der Waals surface area contributed by atoms with E-state index in [9.17, 15) is 9.18 Å². The highest BCUT2D eigenvalue weighted by molar-refractivity contribution is 5.87. The summed E-state index contributed by atoms with van der Waals surface area (Å²) < 4.78 is 13.7. The Balaban J connectivity index is 2.07. The highest BCUT2D eigenvalue weighted by atomic mass is 19.1. The summed E-state index contributed by atoms with van der Waals surface area (Å²) in [7, 11) is 2.12. The van der Waals surface area contributed by atoms with Crippen LogP contribution in [0, 0.1) is 5.82 Å². The lowest BCUT2D eigenvalue weighted by atomic mass is 10.1. The average molecular weight is 280 g/mol. The van der Waals surface area contributed by atoms with Gasteiger partial charge in [0.05, 0.1) is 5.56 Å². The van der Waals surface area contributed by atoms with Crippen molar-refractivity contribution in [2.45, 2.75) is 32.5 Å². The van der Waals surface area contributed by atoms with Crippen molar-refractivity contribution in [2.75, 3.05) is 20.1 Å². The van der Waals surface area contributed by atoms with Gasteiger partial charge in [0.25, 0.3) is 0 Å². The minimum absolute atomic E-state index is 0.270. The van der Waals surface area contributed by atoms with E-state index in [1.54, 1.807) is 6.07 Å². The zero-order valence-electron chi connectivity index (χ0n) is 12.1. The van der Waals surface area contributed by atoms with Gasteiger partial charge in [-0.15, -0.1) is 0 Å². The van der Waals surface area contributed by atoms with Crippen LogP contribution in [0.5, 0.6) is 0 Å². The van der Waals surface area contributed by atoms with Crippen molar-refractivity contribution in [3.63, 3.8) is 0 Å². The fourth-order valence-electron chi connectivity index (χ4n) is 2.73. The van der Waals surface area contributed by atoms with Gasteiger partial charge in [-0.25, -0.2) is 9.18 Å². The number of aromatic carboxylic acids is 1. The predicted molar refractivity (Wildman–Crippen MR) is 75.3 cm³/mol. The van der Waals surface area contributed by atoms with Gasteiger partial charge in [0, 0.05) is 31.7 Å². The number of halogens is 1. The number of nitrogens with zero attached hydrogens (tertiary/aromatic N) is 2. The molecule has 0 spiro atoms. The molecule has 1 aromatic rings. The topological polar surface area (TPSA) is 43.8 Å². The maximum absolute atomic E-state index is 13.7. The van der Waals surface area contributed by atoms with E-state index in [0.717, 1.165) is 18.7 Å². The number of carboxylic acid groups (broad SMARTS) is 1. The first-order chi connectivity index (χ1) is 9.38. The molecule has 1 aliphatic rings. The van der Waals surface area contributed by atoms with Crippen molar-refractivity contribution >= 4 is 5.97 Å². The van der Waals surface area contributed by atoms with E-state index >= 15 is 0 Å². The van der Waals surface area contributed by atoms with Crippen molar-refractivity contribution in [2.24, 2.45) is 0 Å². The van der Waals surface area contributed by atoms with E-state index in [-0.39, 0.29) is 5.56 Å². The molecule has 0 radical (unpaired) electrons. The van der Waals surface area contributed by atoms with E-state index in [1.807, 2.05) is 0 Å². The smallest absolute Gasteiger partial charge is 0.338 e. The largest absolute Gasteiger partial charge is 0.478 e. The Morgan fingerprint density at radius 3 is 2.45 bits per heavy atom. The Morgan fingerprint density at radius 1 is 1.35 bits per heavy atom. The third-order valence-corrected chi connectivity index (χ3v) is 4.11. The second-order valence-corrected chi connectivity index (χ2v) is 5.68. The molecule has 1 fully saturated rings. The summed E-state index contributed by atoms with van der Waals surface area (Å²) in [6.45, 7) is 6.87. The van der Waals surface area contributed by atoms with Gasteiger partial charge in [-0.3, -0.25) is 9.80 Å². The number of likely N-dealkylation sites (N-methyl/N-ethyl adjacent to an activating group) is 1. The number of benzene rings is 1. The van der Waals surface area contributed by atoms with Crippen LogP contribution in [0.25, 0.3) is 0 Å². The maximum atomic E-state index is 13.7. The van der Waals surface area contributed by atoms with Crippen LogP contribution in [-0.4, -0.2) is 53.1 Å². The van der Waals surface area contributed by atoms with Gasteiger partial charge in [-0.2, -0.15) is 0 Å². The minimum atomic E-state index is -1.23. The molecule has 0 aromatic heterocycles. The molecule has 0 amide bonds. The molecule has 0 saturated carbocycles. The Morgan fingerprint density at radius 2 is 1.95 bits per heavy atom. The monoisotopic (exact) mass is 280 g/mol. The standard InChI is InChI=1S/C15H21FN2O2/c1-10-7-18(8-11(2)17(10)3)9-12-4-5-13(15(19)20)14(16)6-12/h4-6,10-11H,7-9H2,1-3H3,(H,19,20). The van der Waals surface area contributed by atoms with Crippen LogP contribution < -0.4 is 0 Å².